The molecule has 6 heteroatoms. The van der Waals surface area contributed by atoms with E-state index in [-0.39, 0.29) is 16.4 Å². The molecule has 0 bridgehead atoms. The Kier molecular flexibility index (Phi) is 6.12. The van der Waals surface area contributed by atoms with Crippen LogP contribution in [0.3, 0.4) is 0 Å². The van der Waals surface area contributed by atoms with Gasteiger partial charge in [-0.1, -0.05) is 12.1 Å². The summed E-state index contributed by atoms with van der Waals surface area (Å²) in [6.45, 7) is 9.23. The van der Waals surface area contributed by atoms with Crippen LogP contribution >= 0.6 is 0 Å². The number of ketones is 1. The molecule has 0 aliphatic heterocycles. The number of methoxy groups -OCH3 is 1. The zero-order valence-corrected chi connectivity index (χ0v) is 17.8. The van der Waals surface area contributed by atoms with Crippen LogP contribution in [-0.4, -0.2) is 38.7 Å². The van der Waals surface area contributed by atoms with E-state index < -0.39 is 16.1 Å². The van der Waals surface area contributed by atoms with E-state index in [0.717, 1.165) is 26.6 Å². The number of carbonyl (C=O) groups excluding carboxylic acids is 1. The van der Waals surface area contributed by atoms with Crippen LogP contribution in [0.1, 0.15) is 39.5 Å². The third kappa shape index (κ3) is 4.06. The SMILES string of the molecule is COc1cc(C)c(C)cc1S(=O)(=O)N(C)C(C)C(=O)c1ccc(C)c(C)c1. The van der Waals surface area contributed by atoms with Crippen LogP contribution in [0.15, 0.2) is 35.2 Å². The van der Waals surface area contributed by atoms with Crippen LogP contribution < -0.4 is 4.74 Å². The molecule has 5 nitrogen and oxygen atoms in total. The molecular weight excluding hydrogens is 362 g/mol. The van der Waals surface area contributed by atoms with Gasteiger partial charge < -0.3 is 4.74 Å². The number of likely N-dealkylation sites (N-methyl/N-ethyl adjacent to an activating group) is 1. The Balaban J connectivity index is 2.43. The molecule has 0 fully saturated rings. The summed E-state index contributed by atoms with van der Waals surface area (Å²) >= 11 is 0. The molecule has 0 saturated heterocycles. The first-order valence-corrected chi connectivity index (χ1v) is 10.2. The number of rotatable bonds is 6. The van der Waals surface area contributed by atoms with E-state index in [4.69, 9.17) is 4.74 Å². The van der Waals surface area contributed by atoms with E-state index >= 15 is 0 Å². The van der Waals surface area contributed by atoms with Crippen LogP contribution in [0.2, 0.25) is 0 Å². The van der Waals surface area contributed by atoms with Crippen LogP contribution in [-0.2, 0) is 10.0 Å². The highest BCUT2D eigenvalue weighted by Crippen LogP contribution is 2.30. The average molecular weight is 390 g/mol. The van der Waals surface area contributed by atoms with E-state index in [1.807, 2.05) is 33.8 Å². The predicted octanol–water partition coefficient (Wildman–Crippen LogP) is 3.82. The summed E-state index contributed by atoms with van der Waals surface area (Å²) in [7, 11) is -1.04. The quantitative estimate of drug-likeness (QED) is 0.705. The Morgan fingerprint density at radius 3 is 2.07 bits per heavy atom. The molecule has 146 valence electrons. The van der Waals surface area contributed by atoms with E-state index in [1.54, 1.807) is 31.2 Å². The highest BCUT2D eigenvalue weighted by Gasteiger charge is 2.32. The highest BCUT2D eigenvalue weighted by molar-refractivity contribution is 7.89. The van der Waals surface area contributed by atoms with Crippen molar-refractivity contribution in [3.8, 4) is 5.75 Å². The lowest BCUT2D eigenvalue weighted by atomic mass is 10.0. The van der Waals surface area contributed by atoms with Gasteiger partial charge in [0.25, 0.3) is 0 Å². The lowest BCUT2D eigenvalue weighted by molar-refractivity contribution is 0.0919. The number of hydrogen-bond donors (Lipinski definition) is 0. The van der Waals surface area contributed by atoms with Gasteiger partial charge in [0.2, 0.25) is 10.0 Å². The average Bonchev–Trinajstić information content (AvgIpc) is 2.63. The highest BCUT2D eigenvalue weighted by atomic mass is 32.2. The van der Waals surface area contributed by atoms with Gasteiger partial charge in [0.05, 0.1) is 13.2 Å². The number of carbonyl (C=O) groups is 1. The maximum absolute atomic E-state index is 13.2. The fourth-order valence-corrected chi connectivity index (χ4v) is 4.33. The van der Waals surface area contributed by atoms with Crippen LogP contribution in [0, 0.1) is 27.7 Å². The normalized spacial score (nSPS) is 12.9. The molecule has 1 unspecified atom stereocenters. The number of ether oxygens (including phenoxy) is 1. The molecule has 0 radical (unpaired) electrons. The maximum Gasteiger partial charge on any atom is 0.247 e. The number of aryl methyl sites for hydroxylation is 4. The molecule has 0 spiro atoms. The monoisotopic (exact) mass is 389 g/mol. The van der Waals surface area contributed by atoms with Gasteiger partial charge in [-0.05, 0) is 75.1 Å². The first-order valence-electron chi connectivity index (χ1n) is 8.75. The minimum absolute atomic E-state index is 0.0651. The topological polar surface area (TPSA) is 63.7 Å². The lowest BCUT2D eigenvalue weighted by Gasteiger charge is -2.25. The smallest absolute Gasteiger partial charge is 0.247 e. The maximum atomic E-state index is 13.2. The number of hydrogen-bond acceptors (Lipinski definition) is 4. The molecule has 0 N–H and O–H groups in total. The molecule has 1 atom stereocenters. The third-order valence-electron chi connectivity index (χ3n) is 5.15. The fraction of sp³-hybridized carbons (Fsp3) is 0.381. The van der Waals surface area contributed by atoms with Gasteiger partial charge >= 0.3 is 0 Å². The molecule has 27 heavy (non-hydrogen) atoms. The molecule has 0 heterocycles. The van der Waals surface area contributed by atoms with Crippen molar-refractivity contribution in [1.29, 1.82) is 0 Å². The molecule has 0 saturated carbocycles. The van der Waals surface area contributed by atoms with Gasteiger partial charge in [-0.15, -0.1) is 0 Å². The summed E-state index contributed by atoms with van der Waals surface area (Å²) in [5.41, 5.74) is 4.36. The minimum Gasteiger partial charge on any atom is -0.495 e. The summed E-state index contributed by atoms with van der Waals surface area (Å²) in [5.74, 6) is 0.0303. The summed E-state index contributed by atoms with van der Waals surface area (Å²) in [6.07, 6.45) is 0. The van der Waals surface area contributed by atoms with Crippen LogP contribution in [0.4, 0.5) is 0 Å². The van der Waals surface area contributed by atoms with E-state index in [1.165, 1.54) is 14.2 Å². The molecule has 2 rings (SSSR count). The molecule has 0 amide bonds. The first kappa shape index (κ1) is 21.1. The molecular formula is C21H27NO4S. The Bertz CT molecular complexity index is 980. The second kappa shape index (κ2) is 7.82. The molecule has 0 aliphatic rings. The van der Waals surface area contributed by atoms with Gasteiger partial charge in [-0.3, -0.25) is 4.79 Å². The van der Waals surface area contributed by atoms with Gasteiger partial charge in [-0.25, -0.2) is 8.42 Å². The number of Topliss-reactive ketones (excluding diaryl/α,β-unsaturated/α-hetero) is 1. The van der Waals surface area contributed by atoms with Crippen molar-refractivity contribution in [3.63, 3.8) is 0 Å². The predicted molar refractivity (Wildman–Crippen MR) is 107 cm³/mol. The molecule has 0 aliphatic carbocycles. The second-order valence-electron chi connectivity index (χ2n) is 6.95. The first-order chi connectivity index (χ1) is 12.5. The van der Waals surface area contributed by atoms with Crippen molar-refractivity contribution in [2.24, 2.45) is 0 Å². The van der Waals surface area contributed by atoms with E-state index in [0.29, 0.717) is 5.56 Å². The standard InChI is InChI=1S/C21H27NO4S/c1-13-8-9-18(10-14(13)2)21(23)17(5)22(6)27(24,25)20-12-16(4)15(3)11-19(20)26-7/h8-12,17H,1-7H3. The lowest BCUT2D eigenvalue weighted by Crippen LogP contribution is -2.40. The van der Waals surface area contributed by atoms with Crippen molar-refractivity contribution in [1.82, 2.24) is 4.31 Å². The van der Waals surface area contributed by atoms with Gasteiger partial charge in [0.1, 0.15) is 10.6 Å². The van der Waals surface area contributed by atoms with E-state index in [2.05, 4.69) is 0 Å². The zero-order valence-electron chi connectivity index (χ0n) is 17.0. The third-order valence-corrected chi connectivity index (χ3v) is 7.10. The fourth-order valence-electron chi connectivity index (χ4n) is 2.79. The Labute approximate surface area is 162 Å². The van der Waals surface area contributed by atoms with Gasteiger partial charge in [0.15, 0.2) is 5.78 Å². The van der Waals surface area contributed by atoms with Gasteiger partial charge in [-0.2, -0.15) is 4.31 Å². The summed E-state index contributed by atoms with van der Waals surface area (Å²) in [6, 6.07) is 7.85. The Morgan fingerprint density at radius 2 is 1.52 bits per heavy atom. The number of sulfonamides is 1. The number of nitrogens with zero attached hydrogens (tertiary/aromatic N) is 1. The molecule has 2 aromatic carbocycles. The largest absolute Gasteiger partial charge is 0.495 e. The number of benzene rings is 2. The van der Waals surface area contributed by atoms with Crippen molar-refractivity contribution in [2.45, 2.75) is 45.6 Å². The summed E-state index contributed by atoms with van der Waals surface area (Å²) < 4.78 is 32.7. The molecule has 2 aromatic rings. The Morgan fingerprint density at radius 1 is 0.963 bits per heavy atom. The Hall–Kier alpha value is -2.18. The van der Waals surface area contributed by atoms with Crippen LogP contribution in [0.25, 0.3) is 0 Å². The van der Waals surface area contributed by atoms with Crippen molar-refractivity contribution in [3.05, 3.63) is 58.1 Å². The van der Waals surface area contributed by atoms with Crippen molar-refractivity contribution in [2.75, 3.05) is 14.2 Å². The van der Waals surface area contributed by atoms with Crippen molar-refractivity contribution < 1.29 is 17.9 Å². The van der Waals surface area contributed by atoms with Crippen molar-refractivity contribution >= 4 is 15.8 Å². The van der Waals surface area contributed by atoms with Gasteiger partial charge in [0, 0.05) is 12.6 Å². The second-order valence-corrected chi connectivity index (χ2v) is 8.91. The van der Waals surface area contributed by atoms with Crippen LogP contribution in [0.5, 0.6) is 5.75 Å². The van der Waals surface area contributed by atoms with E-state index in [9.17, 15) is 13.2 Å². The zero-order chi connectivity index (χ0) is 20.5. The summed E-state index contributed by atoms with van der Waals surface area (Å²) in [5, 5.41) is 0. The summed E-state index contributed by atoms with van der Waals surface area (Å²) in [4.78, 5) is 12.9. The minimum atomic E-state index is -3.90. The molecule has 0 aromatic heterocycles.